The third-order valence-corrected chi connectivity index (χ3v) is 7.92. The van der Waals surface area contributed by atoms with Crippen LogP contribution in [0.1, 0.15) is 58.4 Å². The van der Waals surface area contributed by atoms with Crippen LogP contribution in [0.4, 0.5) is 5.69 Å². The molecule has 7 nitrogen and oxygen atoms in total. The molecule has 2 amide bonds. The number of hydrogen-bond acceptors (Lipinski definition) is 4. The summed E-state index contributed by atoms with van der Waals surface area (Å²) in [5.74, 6) is -0.476. The minimum atomic E-state index is -3.35. The van der Waals surface area contributed by atoms with Crippen LogP contribution in [-0.4, -0.2) is 55.6 Å². The van der Waals surface area contributed by atoms with E-state index in [0.29, 0.717) is 35.5 Å². The van der Waals surface area contributed by atoms with E-state index >= 15 is 0 Å². The van der Waals surface area contributed by atoms with Crippen molar-refractivity contribution in [1.29, 1.82) is 0 Å². The third kappa shape index (κ3) is 5.19. The molecule has 2 saturated heterocycles. The van der Waals surface area contributed by atoms with Crippen LogP contribution in [-0.2, 0) is 15.8 Å². The first-order chi connectivity index (χ1) is 15.4. The summed E-state index contributed by atoms with van der Waals surface area (Å²) in [4.78, 5) is 27.4. The number of benzene rings is 2. The Balaban J connectivity index is 1.43. The lowest BCUT2D eigenvalue weighted by Crippen LogP contribution is -2.36. The summed E-state index contributed by atoms with van der Waals surface area (Å²) in [5, 5.41) is 2.84. The molecule has 0 spiro atoms. The zero-order chi connectivity index (χ0) is 22.6. The van der Waals surface area contributed by atoms with Crippen molar-refractivity contribution in [2.45, 2.75) is 37.9 Å². The molecule has 2 aromatic carbocycles. The Morgan fingerprint density at radius 2 is 1.44 bits per heavy atom. The Kier molecular flexibility index (Phi) is 6.91. The van der Waals surface area contributed by atoms with Crippen LogP contribution < -0.4 is 5.32 Å². The predicted octanol–water partition coefficient (Wildman–Crippen LogP) is 3.49. The van der Waals surface area contributed by atoms with Gasteiger partial charge >= 0.3 is 0 Å². The fourth-order valence-corrected chi connectivity index (χ4v) is 5.87. The number of sulfonamides is 1. The van der Waals surface area contributed by atoms with Gasteiger partial charge in [-0.1, -0.05) is 30.7 Å². The van der Waals surface area contributed by atoms with Gasteiger partial charge in [0.15, 0.2) is 0 Å². The van der Waals surface area contributed by atoms with Crippen molar-refractivity contribution in [1.82, 2.24) is 9.21 Å². The molecular weight excluding hydrogens is 426 g/mol. The van der Waals surface area contributed by atoms with E-state index in [1.165, 1.54) is 0 Å². The second kappa shape index (κ2) is 9.83. The monoisotopic (exact) mass is 455 g/mol. The standard InChI is InChI=1S/C24H29N3O4S/c28-23(25-22-9-3-2-8-21(22)24(29)26-14-6-7-15-26)20-12-10-19(11-13-20)18-32(30,31)27-16-4-1-5-17-27/h2-3,8-13H,1,4-7,14-18H2,(H,25,28). The molecule has 0 radical (unpaired) electrons. The Bertz CT molecular complexity index is 1070. The van der Waals surface area contributed by atoms with Gasteiger partial charge in [0, 0.05) is 31.7 Å². The van der Waals surface area contributed by atoms with E-state index < -0.39 is 10.0 Å². The number of hydrogen-bond donors (Lipinski definition) is 1. The first kappa shape index (κ1) is 22.5. The minimum Gasteiger partial charge on any atom is -0.339 e. The summed E-state index contributed by atoms with van der Waals surface area (Å²) >= 11 is 0. The zero-order valence-corrected chi connectivity index (χ0v) is 18.9. The minimum absolute atomic E-state index is 0.0674. The summed E-state index contributed by atoms with van der Waals surface area (Å²) in [5.41, 5.74) is 2.02. The summed E-state index contributed by atoms with van der Waals surface area (Å²) in [6.45, 7) is 2.64. The van der Waals surface area contributed by atoms with E-state index in [2.05, 4.69) is 5.32 Å². The second-order valence-electron chi connectivity index (χ2n) is 8.41. The van der Waals surface area contributed by atoms with Gasteiger partial charge in [0.2, 0.25) is 10.0 Å². The Labute approximate surface area is 189 Å². The van der Waals surface area contributed by atoms with Gasteiger partial charge < -0.3 is 10.2 Å². The topological polar surface area (TPSA) is 86.8 Å². The van der Waals surface area contributed by atoms with Gasteiger partial charge in [-0.3, -0.25) is 9.59 Å². The molecule has 0 atom stereocenters. The van der Waals surface area contributed by atoms with E-state index in [0.717, 1.165) is 45.2 Å². The molecule has 0 saturated carbocycles. The average molecular weight is 456 g/mol. The molecule has 2 aliphatic heterocycles. The van der Waals surface area contributed by atoms with Gasteiger partial charge in [-0.25, -0.2) is 12.7 Å². The molecule has 0 aromatic heterocycles. The predicted molar refractivity (Wildman–Crippen MR) is 124 cm³/mol. The highest BCUT2D eigenvalue weighted by molar-refractivity contribution is 7.88. The van der Waals surface area contributed by atoms with Crippen molar-refractivity contribution in [3.8, 4) is 0 Å². The largest absolute Gasteiger partial charge is 0.339 e. The fraction of sp³-hybridized carbons (Fsp3) is 0.417. The first-order valence-corrected chi connectivity index (χ1v) is 12.8. The third-order valence-electron chi connectivity index (χ3n) is 6.07. The lowest BCUT2D eigenvalue weighted by Gasteiger charge is -2.25. The molecule has 4 rings (SSSR count). The highest BCUT2D eigenvalue weighted by Gasteiger charge is 2.25. The molecule has 0 aliphatic carbocycles. The maximum absolute atomic E-state index is 12.8. The molecule has 1 N–H and O–H groups in total. The van der Waals surface area contributed by atoms with Crippen LogP contribution in [0.15, 0.2) is 48.5 Å². The Hall–Kier alpha value is -2.71. The highest BCUT2D eigenvalue weighted by Crippen LogP contribution is 2.22. The number of nitrogens with one attached hydrogen (secondary N) is 1. The summed E-state index contributed by atoms with van der Waals surface area (Å²) in [6, 6.07) is 13.6. The molecule has 2 aliphatic rings. The number of amides is 2. The molecular formula is C24H29N3O4S. The van der Waals surface area contributed by atoms with Crippen molar-refractivity contribution < 1.29 is 18.0 Å². The van der Waals surface area contributed by atoms with Crippen LogP contribution in [0.25, 0.3) is 0 Å². The average Bonchev–Trinajstić information content (AvgIpc) is 3.35. The van der Waals surface area contributed by atoms with Gasteiger partial charge in [0.25, 0.3) is 11.8 Å². The first-order valence-electron chi connectivity index (χ1n) is 11.2. The fourth-order valence-electron chi connectivity index (χ4n) is 4.26. The Morgan fingerprint density at radius 1 is 0.812 bits per heavy atom. The number of anilines is 1. The maximum Gasteiger partial charge on any atom is 0.255 e. The van der Waals surface area contributed by atoms with Gasteiger partial charge in [0.1, 0.15) is 0 Å². The lowest BCUT2D eigenvalue weighted by molar-refractivity contribution is 0.0794. The number of nitrogens with zero attached hydrogens (tertiary/aromatic N) is 2. The van der Waals surface area contributed by atoms with Crippen molar-refractivity contribution >= 4 is 27.5 Å². The summed E-state index contributed by atoms with van der Waals surface area (Å²) < 4.78 is 26.8. The molecule has 8 heteroatoms. The van der Waals surface area contributed by atoms with E-state index in [9.17, 15) is 18.0 Å². The number of carbonyl (C=O) groups is 2. The Morgan fingerprint density at radius 3 is 2.12 bits per heavy atom. The quantitative estimate of drug-likeness (QED) is 0.722. The smallest absolute Gasteiger partial charge is 0.255 e. The molecule has 0 unspecified atom stereocenters. The number of para-hydroxylation sites is 1. The number of carbonyl (C=O) groups excluding carboxylic acids is 2. The highest BCUT2D eigenvalue weighted by atomic mass is 32.2. The second-order valence-corrected chi connectivity index (χ2v) is 10.4. The normalized spacial score (nSPS) is 17.3. The van der Waals surface area contributed by atoms with Gasteiger partial charge in [0.05, 0.1) is 17.0 Å². The zero-order valence-electron chi connectivity index (χ0n) is 18.1. The number of rotatable bonds is 6. The van der Waals surface area contributed by atoms with E-state index in [-0.39, 0.29) is 17.6 Å². The van der Waals surface area contributed by atoms with Crippen molar-refractivity contribution in [3.63, 3.8) is 0 Å². The molecule has 2 heterocycles. The van der Waals surface area contributed by atoms with Crippen molar-refractivity contribution in [2.24, 2.45) is 0 Å². The van der Waals surface area contributed by atoms with Gasteiger partial charge in [-0.2, -0.15) is 0 Å². The molecule has 2 aromatic rings. The van der Waals surface area contributed by atoms with E-state index in [4.69, 9.17) is 0 Å². The summed E-state index contributed by atoms with van der Waals surface area (Å²) in [6.07, 6.45) is 4.88. The number of likely N-dealkylation sites (tertiary alicyclic amines) is 1. The van der Waals surface area contributed by atoms with Crippen LogP contribution in [0, 0.1) is 0 Å². The van der Waals surface area contributed by atoms with Crippen LogP contribution >= 0.6 is 0 Å². The maximum atomic E-state index is 12.8. The van der Waals surface area contributed by atoms with E-state index in [1.807, 2.05) is 4.90 Å². The molecule has 170 valence electrons. The van der Waals surface area contributed by atoms with Crippen molar-refractivity contribution in [2.75, 3.05) is 31.5 Å². The van der Waals surface area contributed by atoms with Gasteiger partial charge in [-0.05, 0) is 55.5 Å². The van der Waals surface area contributed by atoms with Crippen LogP contribution in [0.2, 0.25) is 0 Å². The molecule has 2 fully saturated rings. The van der Waals surface area contributed by atoms with Crippen molar-refractivity contribution in [3.05, 3.63) is 65.2 Å². The summed E-state index contributed by atoms with van der Waals surface area (Å²) in [7, 11) is -3.35. The van der Waals surface area contributed by atoms with Crippen LogP contribution in [0.3, 0.4) is 0 Å². The van der Waals surface area contributed by atoms with E-state index in [1.54, 1.807) is 52.8 Å². The molecule has 32 heavy (non-hydrogen) atoms. The van der Waals surface area contributed by atoms with Gasteiger partial charge in [-0.15, -0.1) is 0 Å². The molecule has 0 bridgehead atoms. The SMILES string of the molecule is O=C(Nc1ccccc1C(=O)N1CCCC1)c1ccc(CS(=O)(=O)N2CCCCC2)cc1. The number of piperidine rings is 1. The lowest BCUT2D eigenvalue weighted by atomic mass is 10.1. The van der Waals surface area contributed by atoms with Crippen LogP contribution in [0.5, 0.6) is 0 Å².